The molecular formula is C11H26N2O. The zero-order valence-electron chi connectivity index (χ0n) is 10.1. The number of likely N-dealkylation sites (N-methyl/N-ethyl adjacent to an activating group) is 1. The molecule has 0 fully saturated rings. The van der Waals surface area contributed by atoms with E-state index in [9.17, 15) is 0 Å². The highest BCUT2D eigenvalue weighted by Gasteiger charge is 2.07. The first-order valence-electron chi connectivity index (χ1n) is 5.64. The molecule has 0 rings (SSSR count). The van der Waals surface area contributed by atoms with Crippen molar-refractivity contribution < 1.29 is 4.74 Å². The van der Waals surface area contributed by atoms with Gasteiger partial charge in [-0.1, -0.05) is 13.8 Å². The van der Waals surface area contributed by atoms with Gasteiger partial charge in [-0.25, -0.2) is 0 Å². The van der Waals surface area contributed by atoms with Crippen LogP contribution in [0.4, 0.5) is 0 Å². The van der Waals surface area contributed by atoms with E-state index in [0.29, 0.717) is 12.0 Å². The maximum atomic E-state index is 5.59. The Hall–Kier alpha value is -0.120. The zero-order chi connectivity index (χ0) is 11.0. The number of hydrogen-bond acceptors (Lipinski definition) is 3. The Morgan fingerprint density at radius 2 is 1.93 bits per heavy atom. The summed E-state index contributed by atoms with van der Waals surface area (Å²) in [5.41, 5.74) is 5.59. The number of hydrogen-bond donors (Lipinski definition) is 1. The summed E-state index contributed by atoms with van der Waals surface area (Å²) >= 11 is 0. The molecule has 0 heterocycles. The van der Waals surface area contributed by atoms with Crippen LogP contribution in [-0.2, 0) is 4.74 Å². The molecule has 0 aromatic rings. The van der Waals surface area contributed by atoms with Crippen molar-refractivity contribution in [2.75, 3.05) is 32.8 Å². The summed E-state index contributed by atoms with van der Waals surface area (Å²) in [6.45, 7) is 13.3. The SMILES string of the molecule is CCN(CCOC(C)C)CC(C)CN. The van der Waals surface area contributed by atoms with Crippen molar-refractivity contribution in [1.29, 1.82) is 0 Å². The second-order valence-electron chi connectivity index (χ2n) is 4.15. The fourth-order valence-electron chi connectivity index (χ4n) is 1.31. The van der Waals surface area contributed by atoms with Crippen LogP contribution >= 0.6 is 0 Å². The number of nitrogens with zero attached hydrogens (tertiary/aromatic N) is 1. The van der Waals surface area contributed by atoms with Crippen LogP contribution in [0.1, 0.15) is 27.7 Å². The van der Waals surface area contributed by atoms with Crippen molar-refractivity contribution in [3.05, 3.63) is 0 Å². The molecule has 86 valence electrons. The Balaban J connectivity index is 3.57. The van der Waals surface area contributed by atoms with Crippen molar-refractivity contribution in [1.82, 2.24) is 4.90 Å². The van der Waals surface area contributed by atoms with E-state index in [1.165, 1.54) is 0 Å². The van der Waals surface area contributed by atoms with Crippen LogP contribution in [0.3, 0.4) is 0 Å². The van der Waals surface area contributed by atoms with Crippen LogP contribution in [0.2, 0.25) is 0 Å². The summed E-state index contributed by atoms with van der Waals surface area (Å²) in [4.78, 5) is 2.39. The van der Waals surface area contributed by atoms with E-state index in [-0.39, 0.29) is 0 Å². The molecule has 0 bridgehead atoms. The van der Waals surface area contributed by atoms with Crippen molar-refractivity contribution in [3.63, 3.8) is 0 Å². The minimum Gasteiger partial charge on any atom is -0.377 e. The molecule has 1 unspecified atom stereocenters. The summed E-state index contributed by atoms with van der Waals surface area (Å²) < 4.78 is 5.52. The van der Waals surface area contributed by atoms with Crippen LogP contribution in [0.5, 0.6) is 0 Å². The van der Waals surface area contributed by atoms with Crippen LogP contribution in [0.15, 0.2) is 0 Å². The normalized spacial score (nSPS) is 13.9. The summed E-state index contributed by atoms with van der Waals surface area (Å²) in [6.07, 6.45) is 0.334. The largest absolute Gasteiger partial charge is 0.377 e. The minimum absolute atomic E-state index is 0.334. The maximum Gasteiger partial charge on any atom is 0.0596 e. The zero-order valence-corrected chi connectivity index (χ0v) is 10.1. The molecule has 0 saturated heterocycles. The first-order valence-corrected chi connectivity index (χ1v) is 5.64. The van der Waals surface area contributed by atoms with E-state index in [1.807, 2.05) is 0 Å². The second kappa shape index (κ2) is 8.21. The predicted octanol–water partition coefficient (Wildman–Crippen LogP) is 1.33. The molecule has 3 heteroatoms. The molecule has 0 saturated carbocycles. The third kappa shape index (κ3) is 7.30. The topological polar surface area (TPSA) is 38.5 Å². The van der Waals surface area contributed by atoms with E-state index in [4.69, 9.17) is 10.5 Å². The van der Waals surface area contributed by atoms with Gasteiger partial charge in [0.25, 0.3) is 0 Å². The highest BCUT2D eigenvalue weighted by Crippen LogP contribution is 1.98. The van der Waals surface area contributed by atoms with E-state index < -0.39 is 0 Å². The van der Waals surface area contributed by atoms with Gasteiger partial charge in [0.05, 0.1) is 12.7 Å². The summed E-state index contributed by atoms with van der Waals surface area (Å²) in [6, 6.07) is 0. The summed E-state index contributed by atoms with van der Waals surface area (Å²) in [5.74, 6) is 0.578. The van der Waals surface area contributed by atoms with Gasteiger partial charge in [0.15, 0.2) is 0 Å². The molecule has 0 amide bonds. The molecule has 0 aromatic heterocycles. The first-order chi connectivity index (χ1) is 6.60. The van der Waals surface area contributed by atoms with E-state index in [0.717, 1.165) is 32.8 Å². The molecule has 3 nitrogen and oxygen atoms in total. The molecule has 14 heavy (non-hydrogen) atoms. The molecule has 0 radical (unpaired) electrons. The fraction of sp³-hybridized carbons (Fsp3) is 1.00. The van der Waals surface area contributed by atoms with Gasteiger partial charge in [0, 0.05) is 13.1 Å². The second-order valence-corrected chi connectivity index (χ2v) is 4.15. The van der Waals surface area contributed by atoms with Gasteiger partial charge in [0.1, 0.15) is 0 Å². The maximum absolute atomic E-state index is 5.59. The Morgan fingerprint density at radius 1 is 1.29 bits per heavy atom. The summed E-state index contributed by atoms with van der Waals surface area (Å²) in [7, 11) is 0. The highest BCUT2D eigenvalue weighted by molar-refractivity contribution is 4.61. The van der Waals surface area contributed by atoms with E-state index >= 15 is 0 Å². The van der Waals surface area contributed by atoms with Crippen molar-refractivity contribution in [2.45, 2.75) is 33.8 Å². The third-order valence-electron chi connectivity index (χ3n) is 2.28. The van der Waals surface area contributed by atoms with Crippen LogP contribution < -0.4 is 5.73 Å². The number of rotatable bonds is 8. The number of ether oxygens (including phenoxy) is 1. The molecule has 0 aliphatic carbocycles. The van der Waals surface area contributed by atoms with E-state index in [1.54, 1.807) is 0 Å². The van der Waals surface area contributed by atoms with Crippen LogP contribution in [0, 0.1) is 5.92 Å². The first kappa shape index (κ1) is 13.9. The minimum atomic E-state index is 0.334. The van der Waals surface area contributed by atoms with Crippen molar-refractivity contribution >= 4 is 0 Å². The number of nitrogens with two attached hydrogens (primary N) is 1. The molecule has 0 spiro atoms. The fourth-order valence-corrected chi connectivity index (χ4v) is 1.31. The van der Waals surface area contributed by atoms with Crippen molar-refractivity contribution in [3.8, 4) is 0 Å². The van der Waals surface area contributed by atoms with E-state index in [2.05, 4.69) is 32.6 Å². The van der Waals surface area contributed by atoms with Crippen molar-refractivity contribution in [2.24, 2.45) is 11.7 Å². The quantitative estimate of drug-likeness (QED) is 0.645. The average Bonchev–Trinajstić information content (AvgIpc) is 2.15. The van der Waals surface area contributed by atoms with Crippen LogP contribution in [0.25, 0.3) is 0 Å². The van der Waals surface area contributed by atoms with Gasteiger partial charge in [-0.3, -0.25) is 0 Å². The van der Waals surface area contributed by atoms with Gasteiger partial charge in [0.2, 0.25) is 0 Å². The Bertz CT molecular complexity index is 128. The Labute approximate surface area is 88.6 Å². The summed E-state index contributed by atoms with van der Waals surface area (Å²) in [5, 5.41) is 0. The highest BCUT2D eigenvalue weighted by atomic mass is 16.5. The molecule has 0 aliphatic rings. The lowest BCUT2D eigenvalue weighted by atomic mass is 10.2. The van der Waals surface area contributed by atoms with Gasteiger partial charge < -0.3 is 15.4 Å². The molecule has 1 atom stereocenters. The van der Waals surface area contributed by atoms with Gasteiger partial charge in [-0.2, -0.15) is 0 Å². The Kier molecular flexibility index (Phi) is 8.14. The smallest absolute Gasteiger partial charge is 0.0596 e. The monoisotopic (exact) mass is 202 g/mol. The standard InChI is InChI=1S/C11H26N2O/c1-5-13(9-11(4)8-12)6-7-14-10(2)3/h10-11H,5-9,12H2,1-4H3. The molecule has 0 aliphatic heterocycles. The van der Waals surface area contributed by atoms with Gasteiger partial charge in [-0.15, -0.1) is 0 Å². The molecule has 2 N–H and O–H groups in total. The lowest BCUT2D eigenvalue weighted by Gasteiger charge is -2.23. The lowest BCUT2D eigenvalue weighted by molar-refractivity contribution is 0.0575. The molecule has 0 aromatic carbocycles. The van der Waals surface area contributed by atoms with Crippen LogP contribution in [-0.4, -0.2) is 43.8 Å². The lowest BCUT2D eigenvalue weighted by Crippen LogP contribution is -2.34. The van der Waals surface area contributed by atoms with Gasteiger partial charge in [-0.05, 0) is 32.9 Å². The predicted molar refractivity (Wildman–Crippen MR) is 61.4 cm³/mol. The average molecular weight is 202 g/mol. The van der Waals surface area contributed by atoms with Gasteiger partial charge >= 0.3 is 0 Å². The molecular weight excluding hydrogens is 176 g/mol. The Morgan fingerprint density at radius 3 is 2.36 bits per heavy atom. The third-order valence-corrected chi connectivity index (χ3v) is 2.28.